The maximum Gasteiger partial charge on any atom is 0.238 e. The predicted octanol–water partition coefficient (Wildman–Crippen LogP) is 1.22. The van der Waals surface area contributed by atoms with Gasteiger partial charge in [0.1, 0.15) is 0 Å². The molecule has 0 aliphatic carbocycles. The Morgan fingerprint density at radius 3 is 2.74 bits per heavy atom. The number of nitrogens with two attached hydrogens (primary N) is 1. The maximum atomic E-state index is 11.9. The second-order valence-corrected chi connectivity index (χ2v) is 4.64. The Kier molecular flexibility index (Phi) is 6.32. The summed E-state index contributed by atoms with van der Waals surface area (Å²) in [4.78, 5) is 13.8. The van der Waals surface area contributed by atoms with Crippen LogP contribution in [-0.2, 0) is 4.79 Å². The van der Waals surface area contributed by atoms with E-state index in [2.05, 4.69) is 5.32 Å². The van der Waals surface area contributed by atoms with E-state index < -0.39 is 0 Å². The lowest BCUT2D eigenvalue weighted by molar-refractivity contribution is -0.117. The van der Waals surface area contributed by atoms with E-state index in [9.17, 15) is 4.79 Å². The average molecular weight is 265 g/mol. The number of aliphatic hydroxyl groups is 1. The molecular formula is C14H23N3O2. The van der Waals surface area contributed by atoms with Gasteiger partial charge in [-0.2, -0.15) is 0 Å². The average Bonchev–Trinajstić information content (AvgIpc) is 2.33. The van der Waals surface area contributed by atoms with Crippen molar-refractivity contribution in [2.75, 3.05) is 37.3 Å². The first-order valence-electron chi connectivity index (χ1n) is 6.56. The standard InChI is InChI=1S/C14H23N3O2/c1-3-6-17(7-8-18)10-14(19)16-13-5-4-11(2)9-12(13)15/h4-5,9,18H,3,6-8,10,15H2,1-2H3,(H,16,19). The van der Waals surface area contributed by atoms with Gasteiger partial charge in [0.05, 0.1) is 24.5 Å². The van der Waals surface area contributed by atoms with Gasteiger partial charge >= 0.3 is 0 Å². The first kappa shape index (κ1) is 15.5. The van der Waals surface area contributed by atoms with Crippen molar-refractivity contribution in [2.24, 2.45) is 0 Å². The number of aliphatic hydroxyl groups excluding tert-OH is 1. The Labute approximate surface area is 114 Å². The van der Waals surface area contributed by atoms with Crippen LogP contribution in [0.25, 0.3) is 0 Å². The van der Waals surface area contributed by atoms with Gasteiger partial charge in [-0.3, -0.25) is 9.69 Å². The molecule has 0 saturated carbocycles. The summed E-state index contributed by atoms with van der Waals surface area (Å²) in [6.07, 6.45) is 0.944. The number of nitrogen functional groups attached to an aromatic ring is 1. The largest absolute Gasteiger partial charge is 0.397 e. The van der Waals surface area contributed by atoms with Crippen molar-refractivity contribution in [1.29, 1.82) is 0 Å². The molecule has 19 heavy (non-hydrogen) atoms. The lowest BCUT2D eigenvalue weighted by Crippen LogP contribution is -2.35. The molecule has 5 heteroatoms. The van der Waals surface area contributed by atoms with Crippen LogP contribution in [0.5, 0.6) is 0 Å². The van der Waals surface area contributed by atoms with Gasteiger partial charge in [-0.1, -0.05) is 13.0 Å². The summed E-state index contributed by atoms with van der Waals surface area (Å²) in [7, 11) is 0. The minimum Gasteiger partial charge on any atom is -0.397 e. The number of carbonyl (C=O) groups excluding carboxylic acids is 1. The van der Waals surface area contributed by atoms with Crippen LogP contribution in [0.4, 0.5) is 11.4 Å². The summed E-state index contributed by atoms with van der Waals surface area (Å²) in [5.74, 6) is -0.113. The van der Waals surface area contributed by atoms with Crippen molar-refractivity contribution in [3.05, 3.63) is 23.8 Å². The molecule has 0 fully saturated rings. The summed E-state index contributed by atoms with van der Waals surface area (Å²) >= 11 is 0. The summed E-state index contributed by atoms with van der Waals surface area (Å²) < 4.78 is 0. The zero-order valence-electron chi connectivity index (χ0n) is 11.6. The number of amides is 1. The van der Waals surface area contributed by atoms with Gasteiger partial charge in [-0.15, -0.1) is 0 Å². The highest BCUT2D eigenvalue weighted by atomic mass is 16.3. The number of aryl methyl sites for hydroxylation is 1. The van der Waals surface area contributed by atoms with Crippen LogP contribution in [-0.4, -0.2) is 42.2 Å². The Morgan fingerprint density at radius 2 is 2.16 bits per heavy atom. The fourth-order valence-electron chi connectivity index (χ4n) is 1.92. The number of rotatable bonds is 7. The van der Waals surface area contributed by atoms with E-state index in [0.29, 0.717) is 17.9 Å². The Bertz CT molecular complexity index is 415. The fraction of sp³-hybridized carbons (Fsp3) is 0.500. The monoisotopic (exact) mass is 265 g/mol. The number of hydrogen-bond donors (Lipinski definition) is 3. The van der Waals surface area contributed by atoms with Crippen molar-refractivity contribution in [1.82, 2.24) is 4.90 Å². The zero-order chi connectivity index (χ0) is 14.3. The number of hydrogen-bond acceptors (Lipinski definition) is 4. The molecule has 1 rings (SSSR count). The lowest BCUT2D eigenvalue weighted by Gasteiger charge is -2.20. The maximum absolute atomic E-state index is 11.9. The Balaban J connectivity index is 2.58. The van der Waals surface area contributed by atoms with E-state index in [0.717, 1.165) is 18.5 Å². The first-order valence-corrected chi connectivity index (χ1v) is 6.56. The third kappa shape index (κ3) is 5.28. The van der Waals surface area contributed by atoms with Crippen LogP contribution in [0, 0.1) is 6.92 Å². The van der Waals surface area contributed by atoms with E-state index >= 15 is 0 Å². The van der Waals surface area contributed by atoms with Gasteiger partial charge in [-0.05, 0) is 37.6 Å². The number of nitrogens with one attached hydrogen (secondary N) is 1. The third-order valence-electron chi connectivity index (χ3n) is 2.80. The van der Waals surface area contributed by atoms with E-state index in [1.165, 1.54) is 0 Å². The highest BCUT2D eigenvalue weighted by molar-refractivity contribution is 5.95. The normalized spacial score (nSPS) is 10.7. The lowest BCUT2D eigenvalue weighted by atomic mass is 10.2. The van der Waals surface area contributed by atoms with Gasteiger partial charge in [0.2, 0.25) is 5.91 Å². The molecule has 4 N–H and O–H groups in total. The molecule has 0 aromatic heterocycles. The van der Waals surface area contributed by atoms with Crippen LogP contribution in [0.2, 0.25) is 0 Å². The van der Waals surface area contributed by atoms with E-state index in [1.54, 1.807) is 6.07 Å². The third-order valence-corrected chi connectivity index (χ3v) is 2.80. The Morgan fingerprint density at radius 1 is 1.42 bits per heavy atom. The number of benzene rings is 1. The van der Waals surface area contributed by atoms with Crippen LogP contribution >= 0.6 is 0 Å². The summed E-state index contributed by atoms with van der Waals surface area (Å²) in [6, 6.07) is 5.54. The van der Waals surface area contributed by atoms with Crippen molar-refractivity contribution in [3.63, 3.8) is 0 Å². The van der Waals surface area contributed by atoms with Crippen molar-refractivity contribution in [3.8, 4) is 0 Å². The fourth-order valence-corrected chi connectivity index (χ4v) is 1.92. The number of anilines is 2. The molecular weight excluding hydrogens is 242 g/mol. The summed E-state index contributed by atoms with van der Waals surface area (Å²) in [5.41, 5.74) is 8.11. The first-order chi connectivity index (χ1) is 9.06. The predicted molar refractivity (Wildman–Crippen MR) is 78.0 cm³/mol. The quantitative estimate of drug-likeness (QED) is 0.648. The topological polar surface area (TPSA) is 78.6 Å². The highest BCUT2D eigenvalue weighted by Crippen LogP contribution is 2.19. The number of carbonyl (C=O) groups is 1. The van der Waals surface area contributed by atoms with Crippen molar-refractivity contribution < 1.29 is 9.90 Å². The summed E-state index contributed by atoms with van der Waals surface area (Å²) in [6.45, 7) is 5.61. The van der Waals surface area contributed by atoms with E-state index in [1.807, 2.05) is 30.9 Å². The minimum atomic E-state index is -0.113. The second kappa shape index (κ2) is 7.76. The van der Waals surface area contributed by atoms with Gasteiger partial charge in [0.15, 0.2) is 0 Å². The smallest absolute Gasteiger partial charge is 0.238 e. The molecule has 0 radical (unpaired) electrons. The molecule has 0 unspecified atom stereocenters. The molecule has 0 atom stereocenters. The van der Waals surface area contributed by atoms with Gasteiger partial charge in [0.25, 0.3) is 0 Å². The molecule has 1 aromatic carbocycles. The molecule has 0 aliphatic rings. The molecule has 1 amide bonds. The van der Waals surface area contributed by atoms with Gasteiger partial charge in [-0.25, -0.2) is 0 Å². The van der Waals surface area contributed by atoms with Crippen LogP contribution in [0.1, 0.15) is 18.9 Å². The van der Waals surface area contributed by atoms with Crippen LogP contribution in [0.15, 0.2) is 18.2 Å². The molecule has 0 spiro atoms. The van der Waals surface area contributed by atoms with E-state index in [4.69, 9.17) is 10.8 Å². The zero-order valence-corrected chi connectivity index (χ0v) is 11.6. The highest BCUT2D eigenvalue weighted by Gasteiger charge is 2.10. The summed E-state index contributed by atoms with van der Waals surface area (Å²) in [5, 5.41) is 11.7. The molecule has 0 bridgehead atoms. The second-order valence-electron chi connectivity index (χ2n) is 4.64. The molecule has 0 saturated heterocycles. The van der Waals surface area contributed by atoms with Crippen molar-refractivity contribution >= 4 is 17.3 Å². The molecule has 5 nitrogen and oxygen atoms in total. The minimum absolute atomic E-state index is 0.0555. The molecule has 106 valence electrons. The van der Waals surface area contributed by atoms with Gasteiger partial charge in [0, 0.05) is 6.54 Å². The van der Waals surface area contributed by atoms with Crippen molar-refractivity contribution in [2.45, 2.75) is 20.3 Å². The van der Waals surface area contributed by atoms with Crippen LogP contribution < -0.4 is 11.1 Å². The van der Waals surface area contributed by atoms with Gasteiger partial charge < -0.3 is 16.2 Å². The Hall–Kier alpha value is -1.59. The van der Waals surface area contributed by atoms with Crippen LogP contribution in [0.3, 0.4) is 0 Å². The number of nitrogens with zero attached hydrogens (tertiary/aromatic N) is 1. The molecule has 1 aromatic rings. The molecule has 0 heterocycles. The molecule has 0 aliphatic heterocycles. The van der Waals surface area contributed by atoms with E-state index in [-0.39, 0.29) is 19.1 Å². The SMILES string of the molecule is CCCN(CCO)CC(=O)Nc1ccc(C)cc1N.